The Kier molecular flexibility index (Phi) is 2.66. The summed E-state index contributed by atoms with van der Waals surface area (Å²) in [6.07, 6.45) is 0. The molecule has 0 fully saturated rings. The molecule has 1 aromatic rings. The first-order valence-electron chi connectivity index (χ1n) is 4.23. The van der Waals surface area contributed by atoms with E-state index in [1.807, 2.05) is 6.92 Å². The van der Waals surface area contributed by atoms with Crippen LogP contribution in [0.3, 0.4) is 0 Å². The molecule has 0 spiro atoms. The molecule has 4 heteroatoms. The second-order valence-corrected chi connectivity index (χ2v) is 5.41. The highest BCUT2D eigenvalue weighted by Gasteiger charge is 2.26. The number of ketones is 1. The van der Waals surface area contributed by atoms with Crippen LogP contribution in [0.1, 0.15) is 22.8 Å². The summed E-state index contributed by atoms with van der Waals surface area (Å²) in [4.78, 5) is 11.7. The maximum absolute atomic E-state index is 13.1. The van der Waals surface area contributed by atoms with Crippen molar-refractivity contribution in [2.75, 3.05) is 0 Å². The molecule has 14 heavy (non-hydrogen) atoms. The Balaban J connectivity index is 2.60. The molecule has 0 amide bonds. The van der Waals surface area contributed by atoms with Crippen LogP contribution in [0.25, 0.3) is 0 Å². The van der Waals surface area contributed by atoms with Crippen LogP contribution in [-0.4, -0.2) is 11.0 Å². The topological polar surface area (TPSA) is 17.1 Å². The lowest BCUT2D eigenvalue weighted by Crippen LogP contribution is -2.20. The standard InChI is InChI=1S/C10H8BrFOS/c1-5-10(13)7-2-6(12)3-9(11)8(7)4-14-5/h2-3,5H,4H2,1H3. The van der Waals surface area contributed by atoms with Gasteiger partial charge in [-0.15, -0.1) is 11.8 Å². The van der Waals surface area contributed by atoms with Crippen molar-refractivity contribution in [1.82, 2.24) is 0 Å². The quantitative estimate of drug-likeness (QED) is 0.721. The van der Waals surface area contributed by atoms with Crippen molar-refractivity contribution in [1.29, 1.82) is 0 Å². The Hall–Kier alpha value is -0.350. The molecule has 1 aromatic carbocycles. The number of benzene rings is 1. The van der Waals surface area contributed by atoms with Gasteiger partial charge in [0.1, 0.15) is 5.82 Å². The van der Waals surface area contributed by atoms with E-state index in [-0.39, 0.29) is 16.9 Å². The summed E-state index contributed by atoms with van der Waals surface area (Å²) < 4.78 is 13.8. The van der Waals surface area contributed by atoms with Crippen LogP contribution in [0.15, 0.2) is 16.6 Å². The SMILES string of the molecule is CC1SCc2c(Br)cc(F)cc2C1=O. The molecule has 0 bridgehead atoms. The highest BCUT2D eigenvalue weighted by molar-refractivity contribution is 9.10. The summed E-state index contributed by atoms with van der Waals surface area (Å²) >= 11 is 4.86. The van der Waals surface area contributed by atoms with Gasteiger partial charge in [0.25, 0.3) is 0 Å². The number of hydrogen-bond donors (Lipinski definition) is 0. The molecular weight excluding hydrogens is 267 g/mol. The molecule has 1 aliphatic heterocycles. The van der Waals surface area contributed by atoms with E-state index in [1.165, 1.54) is 12.1 Å². The first-order chi connectivity index (χ1) is 6.59. The summed E-state index contributed by atoms with van der Waals surface area (Å²) in [5, 5.41) is -0.0591. The zero-order chi connectivity index (χ0) is 10.3. The molecule has 0 radical (unpaired) electrons. The van der Waals surface area contributed by atoms with Crippen LogP contribution >= 0.6 is 27.7 Å². The van der Waals surface area contributed by atoms with Gasteiger partial charge in [-0.1, -0.05) is 15.9 Å². The molecule has 1 atom stereocenters. The number of halogens is 2. The fourth-order valence-electron chi connectivity index (χ4n) is 1.47. The van der Waals surface area contributed by atoms with Crippen LogP contribution in [0.5, 0.6) is 0 Å². The predicted molar refractivity (Wildman–Crippen MR) is 59.2 cm³/mol. The number of carbonyl (C=O) groups excluding carboxylic acids is 1. The molecule has 0 N–H and O–H groups in total. The molecule has 74 valence electrons. The third-order valence-corrected chi connectivity index (χ3v) is 4.15. The van der Waals surface area contributed by atoms with Crippen LogP contribution in [0, 0.1) is 5.82 Å². The lowest BCUT2D eigenvalue weighted by Gasteiger charge is -2.20. The van der Waals surface area contributed by atoms with Crippen molar-refractivity contribution in [2.45, 2.75) is 17.9 Å². The van der Waals surface area contributed by atoms with E-state index in [9.17, 15) is 9.18 Å². The molecular formula is C10H8BrFOS. The second kappa shape index (κ2) is 3.66. The minimum atomic E-state index is -0.358. The average molecular weight is 275 g/mol. The Morgan fingerprint density at radius 1 is 1.57 bits per heavy atom. The summed E-state index contributed by atoms with van der Waals surface area (Å²) in [5.74, 6) is 0.433. The zero-order valence-electron chi connectivity index (χ0n) is 7.51. The number of rotatable bonds is 0. The zero-order valence-corrected chi connectivity index (χ0v) is 9.91. The van der Waals surface area contributed by atoms with Gasteiger partial charge in [0.05, 0.1) is 5.25 Å². The molecule has 2 rings (SSSR count). The summed E-state index contributed by atoms with van der Waals surface area (Å²) in [6, 6.07) is 2.74. The predicted octanol–water partition coefficient (Wildman–Crippen LogP) is 3.41. The maximum atomic E-state index is 13.1. The molecule has 1 heterocycles. The van der Waals surface area contributed by atoms with Gasteiger partial charge in [0, 0.05) is 15.8 Å². The maximum Gasteiger partial charge on any atom is 0.175 e. The highest BCUT2D eigenvalue weighted by Crippen LogP contribution is 2.34. The van der Waals surface area contributed by atoms with E-state index in [4.69, 9.17) is 0 Å². The van der Waals surface area contributed by atoms with Crippen molar-refractivity contribution in [2.24, 2.45) is 0 Å². The van der Waals surface area contributed by atoms with Crippen molar-refractivity contribution < 1.29 is 9.18 Å². The molecule has 0 saturated carbocycles. The minimum absolute atomic E-state index is 0.0245. The molecule has 0 aromatic heterocycles. The summed E-state index contributed by atoms with van der Waals surface area (Å²) in [6.45, 7) is 1.86. The van der Waals surface area contributed by atoms with Crippen molar-refractivity contribution in [3.8, 4) is 0 Å². The van der Waals surface area contributed by atoms with Gasteiger partial charge < -0.3 is 0 Å². The van der Waals surface area contributed by atoms with Crippen molar-refractivity contribution in [3.05, 3.63) is 33.5 Å². The summed E-state index contributed by atoms with van der Waals surface area (Å²) in [5.41, 5.74) is 1.45. The monoisotopic (exact) mass is 274 g/mol. The molecule has 1 nitrogen and oxygen atoms in total. The minimum Gasteiger partial charge on any atom is -0.293 e. The molecule has 0 aliphatic carbocycles. The van der Waals surface area contributed by atoms with E-state index >= 15 is 0 Å². The Morgan fingerprint density at radius 3 is 3.00 bits per heavy atom. The van der Waals surface area contributed by atoms with E-state index in [0.29, 0.717) is 10.0 Å². The van der Waals surface area contributed by atoms with Gasteiger partial charge in [0.2, 0.25) is 0 Å². The van der Waals surface area contributed by atoms with Gasteiger partial charge in [-0.05, 0) is 24.6 Å². The van der Waals surface area contributed by atoms with Crippen LogP contribution in [0.4, 0.5) is 4.39 Å². The summed E-state index contributed by atoms with van der Waals surface area (Å²) in [7, 11) is 0. The normalized spacial score (nSPS) is 20.8. The second-order valence-electron chi connectivity index (χ2n) is 3.23. The smallest absolute Gasteiger partial charge is 0.175 e. The average Bonchev–Trinajstić information content (AvgIpc) is 2.12. The Bertz CT molecular complexity index is 405. The molecule has 1 aliphatic rings. The lowest BCUT2D eigenvalue weighted by atomic mass is 10.0. The fourth-order valence-corrected chi connectivity index (χ4v) is 3.24. The van der Waals surface area contributed by atoms with Crippen molar-refractivity contribution in [3.63, 3.8) is 0 Å². The molecule has 0 saturated heterocycles. The molecule has 1 unspecified atom stereocenters. The van der Waals surface area contributed by atoms with Gasteiger partial charge >= 0.3 is 0 Å². The Labute approximate surface area is 94.2 Å². The Morgan fingerprint density at radius 2 is 2.29 bits per heavy atom. The highest BCUT2D eigenvalue weighted by atomic mass is 79.9. The number of hydrogen-bond acceptors (Lipinski definition) is 2. The largest absolute Gasteiger partial charge is 0.293 e. The van der Waals surface area contributed by atoms with E-state index in [0.717, 1.165) is 11.3 Å². The first-order valence-corrected chi connectivity index (χ1v) is 6.07. The van der Waals surface area contributed by atoms with Crippen molar-refractivity contribution >= 4 is 33.5 Å². The van der Waals surface area contributed by atoms with E-state index in [1.54, 1.807) is 11.8 Å². The van der Waals surface area contributed by atoms with E-state index < -0.39 is 0 Å². The first kappa shape index (κ1) is 10.2. The van der Waals surface area contributed by atoms with Gasteiger partial charge in [-0.2, -0.15) is 0 Å². The van der Waals surface area contributed by atoms with Crippen LogP contribution in [0.2, 0.25) is 0 Å². The van der Waals surface area contributed by atoms with Crippen LogP contribution < -0.4 is 0 Å². The lowest BCUT2D eigenvalue weighted by molar-refractivity contribution is 0.0991. The third-order valence-electron chi connectivity index (χ3n) is 2.27. The third kappa shape index (κ3) is 1.61. The van der Waals surface area contributed by atoms with Crippen LogP contribution in [-0.2, 0) is 5.75 Å². The number of carbonyl (C=O) groups is 1. The fraction of sp³-hybridized carbons (Fsp3) is 0.300. The van der Waals surface area contributed by atoms with E-state index in [2.05, 4.69) is 15.9 Å². The van der Waals surface area contributed by atoms with Gasteiger partial charge in [0.15, 0.2) is 5.78 Å². The van der Waals surface area contributed by atoms with Gasteiger partial charge in [-0.3, -0.25) is 4.79 Å². The number of fused-ring (bicyclic) bond motifs is 1. The number of Topliss-reactive ketones (excluding diaryl/α,β-unsaturated/α-hetero) is 1. The van der Waals surface area contributed by atoms with Gasteiger partial charge in [-0.25, -0.2) is 4.39 Å². The number of thioether (sulfide) groups is 1.